The van der Waals surface area contributed by atoms with Gasteiger partial charge in [-0.15, -0.1) is 0 Å². The maximum Gasteiger partial charge on any atom is 0.429 e. The van der Waals surface area contributed by atoms with E-state index in [9.17, 15) is 13.2 Å². The van der Waals surface area contributed by atoms with Crippen LogP contribution in [-0.4, -0.2) is 44.0 Å². The highest BCUT2D eigenvalue weighted by Crippen LogP contribution is 2.49. The van der Waals surface area contributed by atoms with Crippen LogP contribution < -0.4 is 10.6 Å². The molecule has 1 aromatic carbocycles. The first-order valence-electron chi connectivity index (χ1n) is 11.7. The van der Waals surface area contributed by atoms with Crippen molar-refractivity contribution in [2.24, 2.45) is 11.3 Å². The van der Waals surface area contributed by atoms with E-state index in [-0.39, 0.29) is 33.6 Å². The van der Waals surface area contributed by atoms with Gasteiger partial charge in [0.15, 0.2) is 0 Å². The Bertz CT molecular complexity index is 1280. The summed E-state index contributed by atoms with van der Waals surface area (Å²) in [6.45, 7) is 3.21. The zero-order chi connectivity index (χ0) is 25.5. The third-order valence-electron chi connectivity index (χ3n) is 6.95. The van der Waals surface area contributed by atoms with Crippen LogP contribution in [0.1, 0.15) is 48.2 Å². The number of ether oxygens (including phenoxy) is 1. The van der Waals surface area contributed by atoms with Crippen molar-refractivity contribution in [1.29, 1.82) is 0 Å². The summed E-state index contributed by atoms with van der Waals surface area (Å²) < 4.78 is 49.9. The first-order valence-corrected chi connectivity index (χ1v) is 12.1. The zero-order valence-electron chi connectivity index (χ0n) is 19.6. The number of nitrogens with zero attached hydrogens (tertiary/aromatic N) is 5. The van der Waals surface area contributed by atoms with Gasteiger partial charge in [0, 0.05) is 42.0 Å². The van der Waals surface area contributed by atoms with Crippen molar-refractivity contribution in [3.05, 3.63) is 76.9 Å². The number of aromatic nitrogens is 4. The summed E-state index contributed by atoms with van der Waals surface area (Å²) in [5.74, 6) is 5.98. The van der Waals surface area contributed by atoms with Gasteiger partial charge in [0.1, 0.15) is 0 Å². The molecule has 2 unspecified atom stereocenters. The van der Waals surface area contributed by atoms with Crippen molar-refractivity contribution in [3.63, 3.8) is 0 Å². The minimum Gasteiger partial charge on any atom is -0.445 e. The minimum absolute atomic E-state index is 0.0902. The van der Waals surface area contributed by atoms with Crippen molar-refractivity contribution in [1.82, 2.24) is 24.8 Å². The normalized spacial score (nSPS) is 23.3. The highest BCUT2D eigenvalue weighted by Gasteiger charge is 2.47. The highest BCUT2D eigenvalue weighted by atomic mass is 35.5. The summed E-state index contributed by atoms with van der Waals surface area (Å²) >= 11 is 6.12. The maximum absolute atomic E-state index is 14.4. The summed E-state index contributed by atoms with van der Waals surface area (Å²) in [5, 5.41) is 6.33. The average Bonchev–Trinajstić information content (AvgIpc) is 3.43. The quantitative estimate of drug-likeness (QED) is 0.364. The molecule has 190 valence electrons. The molecule has 2 aromatic heterocycles. The second kappa shape index (κ2) is 9.49. The summed E-state index contributed by atoms with van der Waals surface area (Å²) in [5.41, 5.74) is 1.18. The number of hydrazine groups is 1. The van der Waals surface area contributed by atoms with Crippen LogP contribution in [0.3, 0.4) is 0 Å². The molecule has 1 aliphatic heterocycles. The average molecular weight is 519 g/mol. The van der Waals surface area contributed by atoms with Crippen LogP contribution in [0.5, 0.6) is 6.01 Å². The third-order valence-corrected chi connectivity index (χ3v) is 7.19. The highest BCUT2D eigenvalue weighted by molar-refractivity contribution is 6.30. The molecule has 0 amide bonds. The Hall–Kier alpha value is -2.95. The van der Waals surface area contributed by atoms with E-state index in [1.807, 2.05) is 0 Å². The zero-order valence-corrected chi connectivity index (χ0v) is 20.4. The number of benzene rings is 1. The monoisotopic (exact) mass is 518 g/mol. The molecule has 2 N–H and O–H groups in total. The standard InChI is InChI=1S/C25H26ClF3N6O/c1-16-8-12-35(33-16)21-14-17(26)5-6-18(21)22(25(27,28)29)36-23-31-11-7-20(32-23)19-4-2-3-9-24(19)10-13-34(30)15-24/h2,4-8,11-12,14,19,22H,3,9-10,13,15,30H2,1H3/t19?,22-,24?/m1/s1. The molecule has 3 heterocycles. The smallest absolute Gasteiger partial charge is 0.429 e. The van der Waals surface area contributed by atoms with E-state index >= 15 is 0 Å². The van der Waals surface area contributed by atoms with Gasteiger partial charge in [-0.05, 0) is 55.9 Å². The van der Waals surface area contributed by atoms with Crippen molar-refractivity contribution in [3.8, 4) is 11.7 Å². The summed E-state index contributed by atoms with van der Waals surface area (Å²) in [4.78, 5) is 8.48. The number of hydrogen-bond acceptors (Lipinski definition) is 6. The summed E-state index contributed by atoms with van der Waals surface area (Å²) in [7, 11) is 0. The van der Waals surface area contributed by atoms with Gasteiger partial charge >= 0.3 is 12.2 Å². The summed E-state index contributed by atoms with van der Waals surface area (Å²) in [6, 6.07) is 7.20. The van der Waals surface area contributed by atoms with Crippen molar-refractivity contribution < 1.29 is 17.9 Å². The molecule has 5 rings (SSSR count). The minimum atomic E-state index is -4.75. The Kier molecular flexibility index (Phi) is 6.52. The predicted molar refractivity (Wildman–Crippen MR) is 129 cm³/mol. The fourth-order valence-corrected chi connectivity index (χ4v) is 5.41. The lowest BCUT2D eigenvalue weighted by atomic mass is 9.67. The lowest BCUT2D eigenvalue weighted by Gasteiger charge is -2.38. The molecule has 1 spiro atoms. The van der Waals surface area contributed by atoms with Gasteiger partial charge in [0.2, 0.25) is 6.10 Å². The molecule has 11 heteroatoms. The second-order valence-electron chi connectivity index (χ2n) is 9.44. The summed E-state index contributed by atoms with van der Waals surface area (Å²) in [6.07, 6.45) is 2.86. The lowest BCUT2D eigenvalue weighted by Crippen LogP contribution is -2.36. The van der Waals surface area contributed by atoms with Crippen LogP contribution in [-0.2, 0) is 0 Å². The number of alkyl halides is 3. The molecule has 3 aromatic rings. The van der Waals surface area contributed by atoms with Gasteiger partial charge in [0.05, 0.1) is 17.1 Å². The number of aryl methyl sites for hydroxylation is 1. The molecular formula is C25H26ClF3N6O. The van der Waals surface area contributed by atoms with E-state index in [0.717, 1.165) is 25.8 Å². The first kappa shape index (κ1) is 24.7. The van der Waals surface area contributed by atoms with Crippen LogP contribution >= 0.6 is 11.6 Å². The van der Waals surface area contributed by atoms with E-state index in [1.165, 1.54) is 29.1 Å². The van der Waals surface area contributed by atoms with E-state index < -0.39 is 12.3 Å². The van der Waals surface area contributed by atoms with E-state index in [2.05, 4.69) is 27.2 Å². The van der Waals surface area contributed by atoms with Gasteiger partial charge in [-0.1, -0.05) is 29.8 Å². The molecule has 1 fully saturated rings. The van der Waals surface area contributed by atoms with Crippen molar-refractivity contribution >= 4 is 11.6 Å². The van der Waals surface area contributed by atoms with Gasteiger partial charge in [-0.3, -0.25) is 5.84 Å². The third kappa shape index (κ3) is 4.85. The topological polar surface area (TPSA) is 82.1 Å². The van der Waals surface area contributed by atoms with Crippen molar-refractivity contribution in [2.45, 2.75) is 44.4 Å². The molecule has 1 aliphatic carbocycles. The van der Waals surface area contributed by atoms with Gasteiger partial charge in [-0.25, -0.2) is 14.7 Å². The first-order chi connectivity index (χ1) is 17.1. The van der Waals surface area contributed by atoms with Crippen LogP contribution in [0.25, 0.3) is 5.69 Å². The number of nitrogens with two attached hydrogens (primary N) is 1. The Labute approximate surface area is 211 Å². The van der Waals surface area contributed by atoms with E-state index in [0.29, 0.717) is 17.9 Å². The van der Waals surface area contributed by atoms with Crippen LogP contribution in [0.4, 0.5) is 13.2 Å². The lowest BCUT2D eigenvalue weighted by molar-refractivity contribution is -0.199. The predicted octanol–water partition coefficient (Wildman–Crippen LogP) is 5.31. The van der Waals surface area contributed by atoms with Gasteiger partial charge < -0.3 is 4.74 Å². The van der Waals surface area contributed by atoms with Gasteiger partial charge in [0.25, 0.3) is 0 Å². The fourth-order valence-electron chi connectivity index (χ4n) is 5.24. The number of hydrogen-bond donors (Lipinski definition) is 1. The number of halogens is 4. The maximum atomic E-state index is 14.4. The van der Waals surface area contributed by atoms with E-state index in [4.69, 9.17) is 22.2 Å². The molecule has 0 bridgehead atoms. The number of rotatable bonds is 5. The molecule has 2 aliphatic rings. The van der Waals surface area contributed by atoms with Crippen LogP contribution in [0.15, 0.2) is 54.9 Å². The Morgan fingerprint density at radius 3 is 2.75 bits per heavy atom. The Morgan fingerprint density at radius 1 is 1.22 bits per heavy atom. The molecule has 7 nitrogen and oxygen atoms in total. The molecular weight excluding hydrogens is 493 g/mol. The molecule has 0 radical (unpaired) electrons. The molecule has 0 saturated carbocycles. The second-order valence-corrected chi connectivity index (χ2v) is 9.87. The Balaban J connectivity index is 1.51. The van der Waals surface area contributed by atoms with Crippen molar-refractivity contribution in [2.75, 3.05) is 13.1 Å². The van der Waals surface area contributed by atoms with E-state index in [1.54, 1.807) is 30.3 Å². The van der Waals surface area contributed by atoms with Gasteiger partial charge in [-0.2, -0.15) is 23.3 Å². The Morgan fingerprint density at radius 2 is 2.06 bits per heavy atom. The molecule has 36 heavy (non-hydrogen) atoms. The number of allylic oxidation sites excluding steroid dienone is 2. The van der Waals surface area contributed by atoms with Crippen LogP contribution in [0, 0.1) is 12.3 Å². The largest absolute Gasteiger partial charge is 0.445 e. The van der Waals surface area contributed by atoms with Crippen LogP contribution in [0.2, 0.25) is 5.02 Å². The molecule has 3 atom stereocenters. The fraction of sp³-hybridized carbons (Fsp3) is 0.400. The SMILES string of the molecule is Cc1ccn(-c2cc(Cl)ccc2[C@@H](Oc2nccc(C3C=CCCC34CCN(N)C4)n2)C(F)(F)F)n1. The molecule has 1 saturated heterocycles.